The molecule has 2 amide bonds. The molecule has 124 valence electrons. The van der Waals surface area contributed by atoms with Crippen molar-refractivity contribution >= 4 is 45.1 Å². The summed E-state index contributed by atoms with van der Waals surface area (Å²) in [7, 11) is 1.28. The highest BCUT2D eigenvalue weighted by molar-refractivity contribution is 9.10. The quantitative estimate of drug-likeness (QED) is 0.622. The van der Waals surface area contributed by atoms with E-state index < -0.39 is 17.8 Å². The number of nitrogens with one attached hydrogen (secondary N) is 2. The third-order valence-electron chi connectivity index (χ3n) is 3.14. The van der Waals surface area contributed by atoms with Gasteiger partial charge in [-0.15, -0.1) is 0 Å². The largest absolute Gasteiger partial charge is 0.465 e. The molecular weight excluding hydrogens is 376 g/mol. The minimum Gasteiger partial charge on any atom is -0.465 e. The number of aryl methyl sites for hydroxylation is 1. The van der Waals surface area contributed by atoms with Crippen molar-refractivity contribution in [1.29, 1.82) is 0 Å². The standard InChI is InChI=1S/C17H15BrN2O4/c1-10-3-8-14(13(18)9-10)20-16(22)15(21)19-12-6-4-11(5-7-12)17(23)24-2/h3-9H,1-2H3,(H,19,21)(H,20,22). The lowest BCUT2D eigenvalue weighted by atomic mass is 10.2. The molecular formula is C17H15BrN2O4. The van der Waals surface area contributed by atoms with Crippen LogP contribution in [0, 0.1) is 6.92 Å². The van der Waals surface area contributed by atoms with Gasteiger partial charge in [0.1, 0.15) is 0 Å². The van der Waals surface area contributed by atoms with Crippen LogP contribution in [-0.4, -0.2) is 24.9 Å². The number of rotatable bonds is 3. The van der Waals surface area contributed by atoms with Gasteiger partial charge in [0, 0.05) is 10.2 Å². The summed E-state index contributed by atoms with van der Waals surface area (Å²) in [5, 5.41) is 4.98. The average Bonchev–Trinajstić information content (AvgIpc) is 2.57. The van der Waals surface area contributed by atoms with E-state index >= 15 is 0 Å². The van der Waals surface area contributed by atoms with Gasteiger partial charge in [0.2, 0.25) is 0 Å². The third-order valence-corrected chi connectivity index (χ3v) is 3.80. The molecule has 0 aliphatic rings. The summed E-state index contributed by atoms with van der Waals surface area (Å²) in [5.74, 6) is -2.08. The van der Waals surface area contributed by atoms with Gasteiger partial charge in [-0.25, -0.2) is 4.79 Å². The van der Waals surface area contributed by atoms with Gasteiger partial charge in [0.15, 0.2) is 0 Å². The predicted molar refractivity (Wildman–Crippen MR) is 93.9 cm³/mol. The summed E-state index contributed by atoms with van der Waals surface area (Å²) >= 11 is 3.33. The second-order valence-corrected chi connectivity index (χ2v) is 5.81. The number of ether oxygens (including phenoxy) is 1. The number of benzene rings is 2. The van der Waals surface area contributed by atoms with E-state index in [0.29, 0.717) is 21.4 Å². The summed E-state index contributed by atoms with van der Waals surface area (Å²) < 4.78 is 5.27. The molecule has 24 heavy (non-hydrogen) atoms. The molecule has 0 aliphatic heterocycles. The molecule has 0 fully saturated rings. The molecule has 7 heteroatoms. The molecule has 0 unspecified atom stereocenters. The number of anilines is 2. The first-order valence-corrected chi connectivity index (χ1v) is 7.77. The Hall–Kier alpha value is -2.67. The predicted octanol–water partition coefficient (Wildman–Crippen LogP) is 3.12. The van der Waals surface area contributed by atoms with E-state index in [2.05, 4.69) is 31.3 Å². The van der Waals surface area contributed by atoms with E-state index in [1.165, 1.54) is 31.4 Å². The van der Waals surface area contributed by atoms with Gasteiger partial charge in [0.25, 0.3) is 0 Å². The average molecular weight is 391 g/mol. The summed E-state index contributed by atoms with van der Waals surface area (Å²) in [6.45, 7) is 1.92. The molecule has 2 N–H and O–H groups in total. The normalized spacial score (nSPS) is 9.96. The second kappa shape index (κ2) is 7.74. The van der Waals surface area contributed by atoms with Crippen LogP contribution < -0.4 is 10.6 Å². The Morgan fingerprint density at radius 2 is 1.58 bits per heavy atom. The van der Waals surface area contributed by atoms with Crippen molar-refractivity contribution in [3.05, 3.63) is 58.1 Å². The highest BCUT2D eigenvalue weighted by atomic mass is 79.9. The minimum absolute atomic E-state index is 0.350. The van der Waals surface area contributed by atoms with E-state index in [-0.39, 0.29) is 0 Å². The highest BCUT2D eigenvalue weighted by Gasteiger charge is 2.15. The van der Waals surface area contributed by atoms with Crippen molar-refractivity contribution in [1.82, 2.24) is 0 Å². The molecule has 2 rings (SSSR count). The van der Waals surface area contributed by atoms with E-state index in [9.17, 15) is 14.4 Å². The zero-order valence-electron chi connectivity index (χ0n) is 13.1. The van der Waals surface area contributed by atoms with Crippen LogP contribution in [0.2, 0.25) is 0 Å². The molecule has 0 saturated carbocycles. The highest BCUT2D eigenvalue weighted by Crippen LogP contribution is 2.23. The molecule has 0 atom stereocenters. The van der Waals surface area contributed by atoms with Crippen LogP contribution in [0.15, 0.2) is 46.9 Å². The van der Waals surface area contributed by atoms with Crippen molar-refractivity contribution < 1.29 is 19.1 Å². The van der Waals surface area contributed by atoms with Crippen molar-refractivity contribution in [2.45, 2.75) is 6.92 Å². The fraction of sp³-hybridized carbons (Fsp3) is 0.118. The fourth-order valence-corrected chi connectivity index (χ4v) is 2.49. The summed E-state index contributed by atoms with van der Waals surface area (Å²) in [6.07, 6.45) is 0. The summed E-state index contributed by atoms with van der Waals surface area (Å²) in [6, 6.07) is 11.4. The lowest BCUT2D eigenvalue weighted by molar-refractivity contribution is -0.133. The smallest absolute Gasteiger partial charge is 0.337 e. The topological polar surface area (TPSA) is 84.5 Å². The van der Waals surface area contributed by atoms with Gasteiger partial charge < -0.3 is 15.4 Å². The maximum atomic E-state index is 12.0. The molecule has 0 heterocycles. The second-order valence-electron chi connectivity index (χ2n) is 4.96. The molecule has 0 saturated heterocycles. The Kier molecular flexibility index (Phi) is 5.70. The van der Waals surface area contributed by atoms with E-state index in [4.69, 9.17) is 0 Å². The van der Waals surface area contributed by atoms with E-state index in [1.54, 1.807) is 6.07 Å². The number of hydrogen-bond donors (Lipinski definition) is 2. The molecule has 0 aliphatic carbocycles. The van der Waals surface area contributed by atoms with Crippen molar-refractivity contribution in [3.63, 3.8) is 0 Å². The molecule has 0 spiro atoms. The van der Waals surface area contributed by atoms with Gasteiger partial charge in [-0.05, 0) is 64.8 Å². The Morgan fingerprint density at radius 3 is 2.17 bits per heavy atom. The Labute approximate surface area is 147 Å². The van der Waals surface area contributed by atoms with Gasteiger partial charge >= 0.3 is 17.8 Å². The first kappa shape index (κ1) is 17.7. The number of halogens is 1. The van der Waals surface area contributed by atoms with Gasteiger partial charge in [-0.1, -0.05) is 6.07 Å². The Bertz CT molecular complexity index is 788. The van der Waals surface area contributed by atoms with Gasteiger partial charge in [0.05, 0.1) is 18.4 Å². The van der Waals surface area contributed by atoms with E-state index in [0.717, 1.165) is 5.56 Å². The molecule has 2 aromatic rings. The molecule has 6 nitrogen and oxygen atoms in total. The lowest BCUT2D eigenvalue weighted by Crippen LogP contribution is -2.29. The Balaban J connectivity index is 2.01. The van der Waals surface area contributed by atoms with Gasteiger partial charge in [-0.2, -0.15) is 0 Å². The maximum absolute atomic E-state index is 12.0. The van der Waals surface area contributed by atoms with Crippen molar-refractivity contribution in [2.75, 3.05) is 17.7 Å². The van der Waals surface area contributed by atoms with Crippen LogP contribution in [-0.2, 0) is 14.3 Å². The SMILES string of the molecule is COC(=O)c1ccc(NC(=O)C(=O)Nc2ccc(C)cc2Br)cc1. The number of carbonyl (C=O) groups excluding carboxylic acids is 3. The lowest BCUT2D eigenvalue weighted by Gasteiger charge is -2.09. The van der Waals surface area contributed by atoms with Crippen LogP contribution in [0.5, 0.6) is 0 Å². The molecule has 2 aromatic carbocycles. The third kappa shape index (κ3) is 4.42. The molecule has 0 aromatic heterocycles. The number of methoxy groups -OCH3 is 1. The fourth-order valence-electron chi connectivity index (χ4n) is 1.90. The number of amides is 2. The van der Waals surface area contributed by atoms with Crippen LogP contribution in [0.1, 0.15) is 15.9 Å². The first-order chi connectivity index (χ1) is 11.4. The first-order valence-electron chi connectivity index (χ1n) is 6.97. The van der Waals surface area contributed by atoms with Crippen molar-refractivity contribution in [2.24, 2.45) is 0 Å². The van der Waals surface area contributed by atoms with Gasteiger partial charge in [-0.3, -0.25) is 9.59 Å². The minimum atomic E-state index is -0.812. The van der Waals surface area contributed by atoms with Crippen LogP contribution >= 0.6 is 15.9 Å². The van der Waals surface area contributed by atoms with E-state index in [1.807, 2.05) is 19.1 Å². The number of carbonyl (C=O) groups is 3. The zero-order chi connectivity index (χ0) is 17.7. The molecule has 0 radical (unpaired) electrons. The summed E-state index contributed by atoms with van der Waals surface area (Å²) in [5.41, 5.74) is 2.27. The van der Waals surface area contributed by atoms with Crippen LogP contribution in [0.4, 0.5) is 11.4 Å². The number of esters is 1. The maximum Gasteiger partial charge on any atom is 0.337 e. The van der Waals surface area contributed by atoms with Crippen LogP contribution in [0.25, 0.3) is 0 Å². The molecule has 0 bridgehead atoms. The van der Waals surface area contributed by atoms with Crippen molar-refractivity contribution in [3.8, 4) is 0 Å². The zero-order valence-corrected chi connectivity index (χ0v) is 14.6. The number of hydrogen-bond acceptors (Lipinski definition) is 4. The monoisotopic (exact) mass is 390 g/mol. The Morgan fingerprint density at radius 1 is 0.958 bits per heavy atom. The van der Waals surface area contributed by atoms with Crippen LogP contribution in [0.3, 0.4) is 0 Å². The summed E-state index contributed by atoms with van der Waals surface area (Å²) in [4.78, 5) is 35.2.